The fourth-order valence-corrected chi connectivity index (χ4v) is 2.93. The molecular formula is C23H26N4O3. The van der Waals surface area contributed by atoms with Crippen LogP contribution in [0.3, 0.4) is 0 Å². The van der Waals surface area contributed by atoms with Crippen molar-refractivity contribution in [2.75, 3.05) is 38.5 Å². The molecule has 3 rings (SSSR count). The zero-order valence-corrected chi connectivity index (χ0v) is 17.6. The highest BCUT2D eigenvalue weighted by atomic mass is 16.5. The van der Waals surface area contributed by atoms with Gasteiger partial charge in [0.05, 0.1) is 27.0 Å². The first-order valence-electron chi connectivity index (χ1n) is 9.49. The minimum Gasteiger partial charge on any atom is -0.497 e. The lowest BCUT2D eigenvalue weighted by Crippen LogP contribution is -2.14. The molecule has 30 heavy (non-hydrogen) atoms. The van der Waals surface area contributed by atoms with E-state index in [1.165, 1.54) is 6.08 Å². The summed E-state index contributed by atoms with van der Waals surface area (Å²) in [6.45, 7) is 0.562. The second kappa shape index (κ2) is 9.65. The van der Waals surface area contributed by atoms with Crippen LogP contribution in [0.5, 0.6) is 11.5 Å². The largest absolute Gasteiger partial charge is 0.497 e. The van der Waals surface area contributed by atoms with Gasteiger partial charge in [0.15, 0.2) is 0 Å². The van der Waals surface area contributed by atoms with E-state index in [0.717, 1.165) is 16.8 Å². The Morgan fingerprint density at radius 2 is 1.87 bits per heavy atom. The Hall–Kier alpha value is -3.74. The Morgan fingerprint density at radius 1 is 1.10 bits per heavy atom. The number of rotatable bonds is 8. The van der Waals surface area contributed by atoms with Crippen molar-refractivity contribution in [1.29, 1.82) is 0 Å². The van der Waals surface area contributed by atoms with Crippen molar-refractivity contribution in [3.05, 3.63) is 71.9 Å². The number of methoxy groups -OCH3 is 2. The van der Waals surface area contributed by atoms with E-state index in [1.807, 2.05) is 31.1 Å². The Kier molecular flexibility index (Phi) is 6.75. The Bertz CT molecular complexity index is 1020. The van der Waals surface area contributed by atoms with E-state index >= 15 is 0 Å². The molecule has 0 aliphatic carbocycles. The molecule has 0 saturated heterocycles. The van der Waals surface area contributed by atoms with E-state index in [-0.39, 0.29) is 5.91 Å². The van der Waals surface area contributed by atoms with Gasteiger partial charge in [0.2, 0.25) is 5.91 Å². The number of nitrogens with one attached hydrogen (secondary N) is 1. The molecule has 1 amide bonds. The maximum atomic E-state index is 12.4. The summed E-state index contributed by atoms with van der Waals surface area (Å²) in [6.07, 6.45) is 4.84. The van der Waals surface area contributed by atoms with E-state index in [0.29, 0.717) is 23.9 Å². The molecule has 1 aromatic heterocycles. The summed E-state index contributed by atoms with van der Waals surface area (Å²) in [4.78, 5) is 14.5. The minimum atomic E-state index is -0.252. The van der Waals surface area contributed by atoms with Gasteiger partial charge < -0.3 is 19.7 Å². The molecule has 2 aromatic carbocycles. The number of ether oxygens (including phenoxy) is 2. The van der Waals surface area contributed by atoms with Crippen molar-refractivity contribution in [2.45, 2.75) is 6.54 Å². The van der Waals surface area contributed by atoms with Gasteiger partial charge in [-0.05, 0) is 35.9 Å². The van der Waals surface area contributed by atoms with Gasteiger partial charge in [0, 0.05) is 43.6 Å². The summed E-state index contributed by atoms with van der Waals surface area (Å²) in [6, 6.07) is 15.4. The van der Waals surface area contributed by atoms with Gasteiger partial charge in [0.1, 0.15) is 17.3 Å². The maximum absolute atomic E-state index is 12.4. The first-order chi connectivity index (χ1) is 14.5. The average Bonchev–Trinajstić information content (AvgIpc) is 3.18. The number of hydrogen-bond acceptors (Lipinski definition) is 5. The number of carbonyl (C=O) groups excluding carboxylic acids is 1. The topological polar surface area (TPSA) is 68.6 Å². The predicted octanol–water partition coefficient (Wildman–Crippen LogP) is 3.67. The molecule has 0 saturated carbocycles. The molecule has 0 aliphatic heterocycles. The van der Waals surface area contributed by atoms with Gasteiger partial charge >= 0.3 is 0 Å². The van der Waals surface area contributed by atoms with Crippen LogP contribution in [-0.2, 0) is 11.3 Å². The molecule has 7 heteroatoms. The molecule has 0 aliphatic rings. The highest BCUT2D eigenvalue weighted by Crippen LogP contribution is 2.25. The van der Waals surface area contributed by atoms with Crippen LogP contribution in [-0.4, -0.2) is 44.0 Å². The molecule has 0 fully saturated rings. The number of benzene rings is 2. The van der Waals surface area contributed by atoms with Gasteiger partial charge in [0.25, 0.3) is 0 Å². The van der Waals surface area contributed by atoms with Crippen LogP contribution in [0.15, 0.2) is 60.8 Å². The highest BCUT2D eigenvalue weighted by Gasteiger charge is 2.07. The molecule has 0 atom stereocenters. The van der Waals surface area contributed by atoms with Crippen LogP contribution in [0.25, 0.3) is 6.08 Å². The second-order valence-corrected chi connectivity index (χ2v) is 6.87. The number of carbonyl (C=O) groups is 1. The smallest absolute Gasteiger partial charge is 0.249 e. The molecule has 3 aromatic rings. The lowest BCUT2D eigenvalue weighted by molar-refractivity contribution is -0.111. The molecule has 0 spiro atoms. The van der Waals surface area contributed by atoms with Crippen LogP contribution < -0.4 is 19.7 Å². The molecule has 0 radical (unpaired) electrons. The van der Waals surface area contributed by atoms with Crippen molar-refractivity contribution >= 4 is 23.5 Å². The average molecular weight is 406 g/mol. The summed E-state index contributed by atoms with van der Waals surface area (Å²) in [5.74, 6) is 1.70. The number of aromatic nitrogens is 2. The van der Waals surface area contributed by atoms with Crippen molar-refractivity contribution < 1.29 is 14.3 Å². The Balaban J connectivity index is 1.67. The quantitative estimate of drug-likeness (QED) is 0.578. The van der Waals surface area contributed by atoms with Crippen LogP contribution in [0.1, 0.15) is 11.1 Å². The summed E-state index contributed by atoms with van der Waals surface area (Å²) in [5, 5.41) is 7.19. The fourth-order valence-electron chi connectivity index (χ4n) is 2.93. The van der Waals surface area contributed by atoms with Crippen LogP contribution in [0.2, 0.25) is 0 Å². The summed E-state index contributed by atoms with van der Waals surface area (Å²) in [5.41, 5.74) is 3.01. The first-order valence-corrected chi connectivity index (χ1v) is 9.49. The van der Waals surface area contributed by atoms with E-state index in [4.69, 9.17) is 9.47 Å². The van der Waals surface area contributed by atoms with Crippen molar-refractivity contribution in [3.63, 3.8) is 0 Å². The van der Waals surface area contributed by atoms with Gasteiger partial charge in [-0.1, -0.05) is 12.1 Å². The van der Waals surface area contributed by atoms with E-state index in [2.05, 4.69) is 34.7 Å². The van der Waals surface area contributed by atoms with Crippen LogP contribution in [0, 0.1) is 0 Å². The van der Waals surface area contributed by atoms with E-state index in [9.17, 15) is 4.79 Å². The van der Waals surface area contributed by atoms with E-state index < -0.39 is 0 Å². The van der Waals surface area contributed by atoms with Crippen LogP contribution >= 0.6 is 0 Å². The van der Waals surface area contributed by atoms with Crippen molar-refractivity contribution in [2.24, 2.45) is 0 Å². The number of nitrogens with zero attached hydrogens (tertiary/aromatic N) is 3. The molecule has 1 N–H and O–H groups in total. The van der Waals surface area contributed by atoms with Gasteiger partial charge in [-0.3, -0.25) is 4.79 Å². The van der Waals surface area contributed by atoms with E-state index in [1.54, 1.807) is 43.3 Å². The molecule has 7 nitrogen and oxygen atoms in total. The normalized spacial score (nSPS) is 10.8. The van der Waals surface area contributed by atoms with Gasteiger partial charge in [-0.15, -0.1) is 0 Å². The second-order valence-electron chi connectivity index (χ2n) is 6.87. The number of amides is 1. The minimum absolute atomic E-state index is 0.252. The fraction of sp³-hybridized carbons (Fsp3) is 0.217. The molecular weight excluding hydrogens is 380 g/mol. The number of hydrogen-bond donors (Lipinski definition) is 1. The van der Waals surface area contributed by atoms with Crippen molar-refractivity contribution in [1.82, 2.24) is 9.78 Å². The summed E-state index contributed by atoms with van der Waals surface area (Å²) in [7, 11) is 7.18. The van der Waals surface area contributed by atoms with Crippen molar-refractivity contribution in [3.8, 4) is 11.5 Å². The Labute approximate surface area is 176 Å². The Morgan fingerprint density at radius 3 is 2.53 bits per heavy atom. The third-order valence-corrected chi connectivity index (χ3v) is 4.61. The predicted molar refractivity (Wildman–Crippen MR) is 119 cm³/mol. The van der Waals surface area contributed by atoms with Gasteiger partial charge in [-0.2, -0.15) is 5.10 Å². The molecule has 0 unspecified atom stereocenters. The third kappa shape index (κ3) is 5.20. The van der Waals surface area contributed by atoms with Gasteiger partial charge in [-0.25, -0.2) is 4.68 Å². The molecule has 156 valence electrons. The molecule has 1 heterocycles. The lowest BCUT2D eigenvalue weighted by Gasteiger charge is -2.13. The summed E-state index contributed by atoms with van der Waals surface area (Å²) >= 11 is 0. The maximum Gasteiger partial charge on any atom is 0.249 e. The standard InChI is InChI=1S/C23H26N4O3/c1-26(2)19-9-5-17(6-10-19)16-27-22(13-14-24-27)25-23(28)12-8-18-7-11-20(29-3)15-21(18)30-4/h5-15H,16H2,1-4H3,(H,25,28)/b12-8+. The highest BCUT2D eigenvalue weighted by molar-refractivity contribution is 6.01. The SMILES string of the molecule is COc1ccc(/C=C/C(=O)Nc2ccnn2Cc2ccc(N(C)C)cc2)c(OC)c1. The zero-order chi connectivity index (χ0) is 21.5. The molecule has 0 bridgehead atoms. The number of anilines is 2. The summed E-state index contributed by atoms with van der Waals surface area (Å²) < 4.78 is 12.3. The monoisotopic (exact) mass is 406 g/mol. The van der Waals surface area contributed by atoms with Crippen LogP contribution in [0.4, 0.5) is 11.5 Å². The zero-order valence-electron chi connectivity index (χ0n) is 17.6. The third-order valence-electron chi connectivity index (χ3n) is 4.61. The first kappa shape index (κ1) is 21.0. The lowest BCUT2D eigenvalue weighted by atomic mass is 10.1.